The molecular weight excluding hydrogens is 308 g/mol. The first-order chi connectivity index (χ1) is 11.4. The van der Waals surface area contributed by atoms with Crippen LogP contribution in [0.4, 0.5) is 0 Å². The highest BCUT2D eigenvalue weighted by Gasteiger charge is 2.14. The topological polar surface area (TPSA) is 40.7 Å². The predicted molar refractivity (Wildman–Crippen MR) is 113 cm³/mol. The summed E-state index contributed by atoms with van der Waals surface area (Å²) in [5.74, 6) is 4.88. The molecule has 0 spiro atoms. The van der Waals surface area contributed by atoms with Gasteiger partial charge in [-0.2, -0.15) is 0 Å². The molecule has 2 saturated carbocycles. The van der Waals surface area contributed by atoms with Gasteiger partial charge in [0.05, 0.1) is 6.10 Å². The molecular formula is C23H50O2. The van der Waals surface area contributed by atoms with Gasteiger partial charge in [-0.3, -0.25) is 0 Å². The summed E-state index contributed by atoms with van der Waals surface area (Å²) in [6.45, 7) is 14.8. The molecule has 0 radical (unpaired) electrons. The van der Waals surface area contributed by atoms with Crippen molar-refractivity contribution in [3.8, 4) is 0 Å². The molecule has 3 aliphatic rings. The lowest BCUT2D eigenvalue weighted by molar-refractivity contribution is 0.000267. The Bertz CT molecular complexity index is 209. The van der Waals surface area contributed by atoms with E-state index in [4.69, 9.17) is 4.74 Å². The Hall–Kier alpha value is -0.0800. The Morgan fingerprint density at radius 3 is 0.960 bits per heavy atom. The molecule has 0 amide bonds. The Balaban J connectivity index is 0. The van der Waals surface area contributed by atoms with Gasteiger partial charge in [-0.25, -0.2) is 0 Å². The van der Waals surface area contributed by atoms with Crippen LogP contribution >= 0.6 is 0 Å². The molecule has 0 aromatic rings. The van der Waals surface area contributed by atoms with Crippen molar-refractivity contribution in [1.82, 2.24) is 0 Å². The summed E-state index contributed by atoms with van der Waals surface area (Å²) in [4.78, 5) is 0. The summed E-state index contributed by atoms with van der Waals surface area (Å²) >= 11 is 0. The zero-order chi connectivity index (χ0) is 17.9. The van der Waals surface area contributed by atoms with Gasteiger partial charge >= 0.3 is 0 Å². The van der Waals surface area contributed by atoms with E-state index in [9.17, 15) is 0 Å². The molecule has 0 aromatic carbocycles. The van der Waals surface area contributed by atoms with E-state index in [-0.39, 0.29) is 6.90 Å². The first-order valence-electron chi connectivity index (χ1n) is 11.0. The van der Waals surface area contributed by atoms with Gasteiger partial charge in [0.2, 0.25) is 0 Å². The lowest BCUT2D eigenvalue weighted by Crippen LogP contribution is -2.21. The lowest BCUT2D eigenvalue weighted by Gasteiger charge is -2.23. The van der Waals surface area contributed by atoms with E-state index in [0.29, 0.717) is 6.10 Å². The van der Waals surface area contributed by atoms with Gasteiger partial charge in [0.1, 0.15) is 0 Å². The highest BCUT2D eigenvalue weighted by atomic mass is 16.5. The van der Waals surface area contributed by atoms with E-state index in [1.54, 1.807) is 0 Å². The number of rotatable bonds is 0. The molecule has 154 valence electrons. The fourth-order valence-corrected chi connectivity index (χ4v) is 3.87. The van der Waals surface area contributed by atoms with Crippen LogP contribution < -0.4 is 0 Å². The van der Waals surface area contributed by atoms with E-state index in [1.807, 2.05) is 0 Å². The van der Waals surface area contributed by atoms with E-state index >= 15 is 0 Å². The molecule has 3 rings (SSSR count). The average molecular weight is 359 g/mol. The van der Waals surface area contributed by atoms with Crippen molar-refractivity contribution in [2.75, 3.05) is 6.61 Å². The molecule has 2 aliphatic carbocycles. The summed E-state index contributed by atoms with van der Waals surface area (Å²) < 4.78 is 5.39. The van der Waals surface area contributed by atoms with Crippen molar-refractivity contribution in [3.05, 3.63) is 0 Å². The molecule has 25 heavy (non-hydrogen) atoms. The van der Waals surface area contributed by atoms with Gasteiger partial charge in [-0.15, -0.1) is 0 Å². The van der Waals surface area contributed by atoms with Crippen molar-refractivity contribution in [3.63, 3.8) is 0 Å². The summed E-state index contributed by atoms with van der Waals surface area (Å²) in [7, 11) is 0. The minimum absolute atomic E-state index is 0. The van der Waals surface area contributed by atoms with Gasteiger partial charge in [0.25, 0.3) is 0 Å². The molecule has 0 aromatic heterocycles. The third-order valence-corrected chi connectivity index (χ3v) is 6.34. The van der Waals surface area contributed by atoms with Crippen LogP contribution in [-0.2, 0) is 4.74 Å². The molecule has 1 aliphatic heterocycles. The van der Waals surface area contributed by atoms with Crippen molar-refractivity contribution in [2.45, 2.75) is 112 Å². The minimum Gasteiger partial charge on any atom is -0.412 e. The van der Waals surface area contributed by atoms with Crippen molar-refractivity contribution in [2.24, 2.45) is 29.6 Å². The Labute approximate surface area is 160 Å². The van der Waals surface area contributed by atoms with Crippen molar-refractivity contribution >= 4 is 0 Å². The number of hydrogen-bond donors (Lipinski definition) is 0. The maximum atomic E-state index is 5.39. The lowest BCUT2D eigenvalue weighted by atomic mass is 9.84. The summed E-state index contributed by atoms with van der Waals surface area (Å²) in [6.07, 6.45) is 14.9. The Morgan fingerprint density at radius 2 is 0.760 bits per heavy atom. The third kappa shape index (κ3) is 12.8. The summed E-state index contributed by atoms with van der Waals surface area (Å²) in [6, 6.07) is 0. The zero-order valence-corrected chi connectivity index (χ0v) is 18.2. The molecule has 2 heteroatoms. The standard InChI is InChI=1S/2C8H16.C7H14O.H2O.H2/c2*1-7-3-5-8(2)6-4-7;1-6-3-4-7(2)8-5-6;;/h2*7-8H,3-6H2,1-2H3;6-7H,3-5H2,1-2H3;1H2;1H. The quantitative estimate of drug-likeness (QED) is 0.464. The molecule has 2 unspecified atom stereocenters. The average Bonchev–Trinajstić information content (AvgIpc) is 2.57. The van der Waals surface area contributed by atoms with Crippen LogP contribution in [0.5, 0.6) is 0 Å². The molecule has 2 atom stereocenters. The molecule has 2 nitrogen and oxygen atoms in total. The third-order valence-electron chi connectivity index (χ3n) is 6.34. The van der Waals surface area contributed by atoms with Crippen molar-refractivity contribution in [1.29, 1.82) is 0 Å². The van der Waals surface area contributed by atoms with E-state index in [1.165, 1.54) is 64.2 Å². The summed E-state index contributed by atoms with van der Waals surface area (Å²) in [5.41, 5.74) is 0. The number of ether oxygens (including phenoxy) is 1. The predicted octanol–water partition coefficient (Wildman–Crippen LogP) is 6.91. The minimum atomic E-state index is 0. The first kappa shape index (κ1) is 24.9. The van der Waals surface area contributed by atoms with Gasteiger partial charge < -0.3 is 10.2 Å². The van der Waals surface area contributed by atoms with Crippen LogP contribution in [0.2, 0.25) is 0 Å². The van der Waals surface area contributed by atoms with Crippen LogP contribution in [0, 0.1) is 29.6 Å². The van der Waals surface area contributed by atoms with E-state index in [0.717, 1.165) is 36.2 Å². The first-order valence-corrected chi connectivity index (χ1v) is 11.0. The molecule has 2 N–H and O–H groups in total. The van der Waals surface area contributed by atoms with E-state index < -0.39 is 0 Å². The fraction of sp³-hybridized carbons (Fsp3) is 1.00. The van der Waals surface area contributed by atoms with Crippen molar-refractivity contribution < 1.29 is 11.6 Å². The zero-order valence-electron chi connectivity index (χ0n) is 18.2. The largest absolute Gasteiger partial charge is 0.412 e. The highest BCUT2D eigenvalue weighted by molar-refractivity contribution is 4.66. The van der Waals surface area contributed by atoms with Crippen LogP contribution in [0.25, 0.3) is 0 Å². The number of hydrogen-bond acceptors (Lipinski definition) is 1. The molecule has 1 heterocycles. The van der Waals surface area contributed by atoms with Crippen LogP contribution in [0.1, 0.15) is 107 Å². The molecule has 3 fully saturated rings. The molecule has 0 bridgehead atoms. The van der Waals surface area contributed by atoms with Crippen LogP contribution in [0.15, 0.2) is 0 Å². The van der Waals surface area contributed by atoms with Crippen LogP contribution in [0.3, 0.4) is 0 Å². The smallest absolute Gasteiger partial charge is 0.0547 e. The van der Waals surface area contributed by atoms with Gasteiger partial charge in [-0.1, -0.05) is 86.0 Å². The van der Waals surface area contributed by atoms with Gasteiger partial charge in [-0.05, 0) is 49.4 Å². The fourth-order valence-electron chi connectivity index (χ4n) is 3.87. The SMILES string of the molecule is CC1CCC(C)CC1.CC1CCC(C)CC1.CC1CCC(C)OC1.O.[HH]. The molecule has 1 saturated heterocycles. The van der Waals surface area contributed by atoms with Gasteiger partial charge in [0.15, 0.2) is 0 Å². The van der Waals surface area contributed by atoms with E-state index in [2.05, 4.69) is 41.5 Å². The Kier molecular flexibility index (Phi) is 14.0. The maximum absolute atomic E-state index is 5.39. The normalized spacial score (nSPS) is 38.2. The second kappa shape index (κ2) is 14.0. The Morgan fingerprint density at radius 1 is 0.480 bits per heavy atom. The van der Waals surface area contributed by atoms with Crippen LogP contribution in [-0.4, -0.2) is 18.2 Å². The summed E-state index contributed by atoms with van der Waals surface area (Å²) in [5, 5.41) is 0. The highest BCUT2D eigenvalue weighted by Crippen LogP contribution is 2.27. The van der Waals surface area contributed by atoms with Gasteiger partial charge in [0, 0.05) is 8.03 Å². The maximum Gasteiger partial charge on any atom is 0.0547 e. The monoisotopic (exact) mass is 358 g/mol. The second-order valence-electron chi connectivity index (χ2n) is 9.56. The second-order valence-corrected chi connectivity index (χ2v) is 9.56.